The quantitative estimate of drug-likeness (QED) is 0.379. The Balaban J connectivity index is 1.73. The Morgan fingerprint density at radius 3 is 2.30 bits per heavy atom. The van der Waals surface area contributed by atoms with Crippen molar-refractivity contribution >= 4 is 39.7 Å². The van der Waals surface area contributed by atoms with Crippen molar-refractivity contribution in [3.05, 3.63) is 66.2 Å². The molecule has 152 valence electrons. The first-order valence-corrected chi connectivity index (χ1v) is 9.84. The van der Waals surface area contributed by atoms with Crippen molar-refractivity contribution in [1.82, 2.24) is 9.97 Å². The zero-order valence-electron chi connectivity index (χ0n) is 16.9. The number of aromatic nitrogens is 2. The molecule has 0 spiro atoms. The lowest BCUT2D eigenvalue weighted by Crippen LogP contribution is -2.20. The molecule has 0 unspecified atom stereocenters. The number of aryl methyl sites for hydroxylation is 1. The predicted molar refractivity (Wildman–Crippen MR) is 126 cm³/mol. The number of nitrogens with one attached hydrogen (secondary N) is 3. The van der Waals surface area contributed by atoms with Crippen LogP contribution in [0.15, 0.2) is 60.7 Å². The van der Waals surface area contributed by atoms with Gasteiger partial charge in [0, 0.05) is 17.3 Å². The van der Waals surface area contributed by atoms with E-state index in [4.69, 9.17) is 26.7 Å². The normalized spacial score (nSPS) is 10.6. The molecule has 0 bridgehead atoms. The van der Waals surface area contributed by atoms with Crippen LogP contribution in [0.5, 0.6) is 11.5 Å². The number of hydrogen-bond acceptors (Lipinski definition) is 4. The number of hydrogen-bond donors (Lipinski definition) is 3. The minimum atomic E-state index is 0.467. The van der Waals surface area contributed by atoms with Crippen molar-refractivity contribution in [2.24, 2.45) is 0 Å². The van der Waals surface area contributed by atoms with Gasteiger partial charge in [0.1, 0.15) is 5.82 Å². The molecule has 0 saturated heterocycles. The van der Waals surface area contributed by atoms with Crippen molar-refractivity contribution in [2.45, 2.75) is 6.92 Å². The fourth-order valence-corrected chi connectivity index (χ4v) is 3.47. The Labute approximate surface area is 180 Å². The molecule has 3 aromatic carbocycles. The Hall–Kier alpha value is -3.58. The van der Waals surface area contributed by atoms with Gasteiger partial charge in [0.15, 0.2) is 16.6 Å². The highest BCUT2D eigenvalue weighted by Gasteiger charge is 2.17. The number of rotatable bonds is 5. The van der Waals surface area contributed by atoms with Gasteiger partial charge in [-0.1, -0.05) is 30.3 Å². The largest absolute Gasteiger partial charge is 0.493 e. The summed E-state index contributed by atoms with van der Waals surface area (Å²) >= 11 is 5.57. The molecule has 0 amide bonds. The van der Waals surface area contributed by atoms with Crippen LogP contribution in [-0.2, 0) is 0 Å². The van der Waals surface area contributed by atoms with Crippen LogP contribution in [0.4, 0.5) is 11.4 Å². The van der Waals surface area contributed by atoms with Gasteiger partial charge in [-0.25, -0.2) is 4.98 Å². The van der Waals surface area contributed by atoms with Gasteiger partial charge < -0.3 is 25.1 Å². The van der Waals surface area contributed by atoms with Gasteiger partial charge in [-0.05, 0) is 49.0 Å². The monoisotopic (exact) mass is 418 g/mol. The van der Waals surface area contributed by atoms with Crippen molar-refractivity contribution in [2.75, 3.05) is 24.9 Å². The van der Waals surface area contributed by atoms with Gasteiger partial charge in [-0.15, -0.1) is 0 Å². The molecule has 0 atom stereocenters. The Morgan fingerprint density at radius 2 is 1.57 bits per heavy atom. The molecule has 4 aromatic rings. The molecule has 1 aromatic heterocycles. The predicted octanol–water partition coefficient (Wildman–Crippen LogP) is 5.36. The summed E-state index contributed by atoms with van der Waals surface area (Å²) < 4.78 is 11.0. The number of ether oxygens (including phenoxy) is 2. The first-order chi connectivity index (χ1) is 14.6. The van der Waals surface area contributed by atoms with Gasteiger partial charge in [0.05, 0.1) is 30.9 Å². The van der Waals surface area contributed by atoms with Crippen LogP contribution in [0.25, 0.3) is 22.4 Å². The van der Waals surface area contributed by atoms with E-state index in [2.05, 4.69) is 15.6 Å². The number of thiocarbonyl (C=S) groups is 1. The highest BCUT2D eigenvalue weighted by Crippen LogP contribution is 2.38. The number of methoxy groups -OCH3 is 2. The summed E-state index contributed by atoms with van der Waals surface area (Å²) in [4.78, 5) is 8.09. The molecule has 7 heteroatoms. The third kappa shape index (κ3) is 3.92. The summed E-state index contributed by atoms with van der Waals surface area (Å²) in [5, 5.41) is 6.99. The number of nitrogens with zero attached hydrogens (tertiary/aromatic N) is 1. The van der Waals surface area contributed by atoms with E-state index in [1.807, 2.05) is 67.6 Å². The minimum Gasteiger partial charge on any atom is -0.493 e. The summed E-state index contributed by atoms with van der Waals surface area (Å²) in [6.07, 6.45) is 0. The maximum atomic E-state index is 5.57. The molecule has 0 radical (unpaired) electrons. The van der Waals surface area contributed by atoms with Crippen LogP contribution in [0.1, 0.15) is 5.56 Å². The zero-order chi connectivity index (χ0) is 21.1. The smallest absolute Gasteiger partial charge is 0.175 e. The standard InChI is InChI=1S/C23H22N4O2S/c1-14-8-4-5-9-16(14)26-23(30)27-19-13-21(29-3)20(28-2)12-15(19)22-24-17-10-6-7-11-18(17)25-22/h4-13H,1-3H3,(H,24,25)(H2,26,27,30). The Bertz CT molecular complexity index is 1190. The molecule has 4 rings (SSSR count). The van der Waals surface area contributed by atoms with E-state index in [0.29, 0.717) is 22.4 Å². The van der Waals surface area contributed by atoms with Gasteiger partial charge >= 0.3 is 0 Å². The molecule has 0 saturated carbocycles. The number of aromatic amines is 1. The summed E-state index contributed by atoms with van der Waals surface area (Å²) in [7, 11) is 3.21. The van der Waals surface area contributed by atoms with Gasteiger partial charge in [-0.2, -0.15) is 0 Å². The topological polar surface area (TPSA) is 71.2 Å². The summed E-state index contributed by atoms with van der Waals surface area (Å²) in [5.74, 6) is 1.91. The van der Waals surface area contributed by atoms with Gasteiger partial charge in [0.25, 0.3) is 0 Å². The number of anilines is 2. The fraction of sp³-hybridized carbons (Fsp3) is 0.130. The summed E-state index contributed by atoms with van der Waals surface area (Å²) in [6.45, 7) is 2.03. The summed E-state index contributed by atoms with van der Waals surface area (Å²) in [6, 6.07) is 19.6. The van der Waals surface area contributed by atoms with E-state index in [1.165, 1.54) is 0 Å². The number of para-hydroxylation sites is 3. The van der Waals surface area contributed by atoms with E-state index < -0.39 is 0 Å². The fourth-order valence-electron chi connectivity index (χ4n) is 3.25. The zero-order valence-corrected chi connectivity index (χ0v) is 17.8. The first kappa shape index (κ1) is 19.7. The lowest BCUT2D eigenvalue weighted by molar-refractivity contribution is 0.355. The molecule has 0 fully saturated rings. The second-order valence-corrected chi connectivity index (χ2v) is 7.16. The average Bonchev–Trinajstić information content (AvgIpc) is 3.19. The van der Waals surface area contributed by atoms with E-state index in [0.717, 1.165) is 33.5 Å². The molecule has 6 nitrogen and oxygen atoms in total. The number of imidazole rings is 1. The van der Waals surface area contributed by atoms with Crippen molar-refractivity contribution < 1.29 is 9.47 Å². The van der Waals surface area contributed by atoms with Gasteiger partial charge in [-0.3, -0.25) is 0 Å². The lowest BCUT2D eigenvalue weighted by Gasteiger charge is -2.17. The molecule has 0 aliphatic heterocycles. The second kappa shape index (κ2) is 8.42. The molecule has 1 heterocycles. The van der Waals surface area contributed by atoms with Crippen LogP contribution in [0.2, 0.25) is 0 Å². The van der Waals surface area contributed by atoms with E-state index >= 15 is 0 Å². The van der Waals surface area contributed by atoms with Crippen molar-refractivity contribution in [1.29, 1.82) is 0 Å². The maximum absolute atomic E-state index is 5.57. The molecule has 0 aliphatic rings. The SMILES string of the molecule is COc1cc(NC(=S)Nc2ccccc2C)c(-c2nc3ccccc3[nH]2)cc1OC. The highest BCUT2D eigenvalue weighted by atomic mass is 32.1. The number of benzene rings is 3. The van der Waals surface area contributed by atoms with E-state index in [-0.39, 0.29) is 0 Å². The molecular formula is C23H22N4O2S. The number of fused-ring (bicyclic) bond motifs is 1. The van der Waals surface area contributed by atoms with Crippen LogP contribution in [0, 0.1) is 6.92 Å². The van der Waals surface area contributed by atoms with Gasteiger partial charge in [0.2, 0.25) is 0 Å². The van der Waals surface area contributed by atoms with E-state index in [9.17, 15) is 0 Å². The molecular weight excluding hydrogens is 396 g/mol. The number of H-pyrrole nitrogens is 1. The third-order valence-corrected chi connectivity index (χ3v) is 5.01. The van der Waals surface area contributed by atoms with Crippen LogP contribution >= 0.6 is 12.2 Å². The van der Waals surface area contributed by atoms with Crippen LogP contribution in [-0.4, -0.2) is 29.3 Å². The second-order valence-electron chi connectivity index (χ2n) is 6.75. The third-order valence-electron chi connectivity index (χ3n) is 4.81. The highest BCUT2D eigenvalue weighted by molar-refractivity contribution is 7.80. The first-order valence-electron chi connectivity index (χ1n) is 9.44. The van der Waals surface area contributed by atoms with Crippen molar-refractivity contribution in [3.8, 4) is 22.9 Å². The Kier molecular flexibility index (Phi) is 5.54. The molecule has 0 aliphatic carbocycles. The Morgan fingerprint density at radius 1 is 0.900 bits per heavy atom. The molecule has 3 N–H and O–H groups in total. The summed E-state index contributed by atoms with van der Waals surface area (Å²) in [5.41, 5.74) is 5.45. The van der Waals surface area contributed by atoms with Crippen molar-refractivity contribution in [3.63, 3.8) is 0 Å². The van der Waals surface area contributed by atoms with Crippen LogP contribution in [0.3, 0.4) is 0 Å². The lowest BCUT2D eigenvalue weighted by atomic mass is 10.1. The maximum Gasteiger partial charge on any atom is 0.175 e. The minimum absolute atomic E-state index is 0.467. The molecule has 30 heavy (non-hydrogen) atoms. The average molecular weight is 419 g/mol. The van der Waals surface area contributed by atoms with E-state index in [1.54, 1.807) is 14.2 Å². The van der Waals surface area contributed by atoms with Crippen LogP contribution < -0.4 is 20.1 Å².